The van der Waals surface area contributed by atoms with Gasteiger partial charge in [-0.2, -0.15) is 0 Å². The number of aliphatic hydroxyl groups is 1. The second-order valence-corrected chi connectivity index (χ2v) is 4.74. The lowest BCUT2D eigenvalue weighted by atomic mass is 9.97. The Labute approximate surface area is 85.1 Å². The lowest BCUT2D eigenvalue weighted by Crippen LogP contribution is -2.35. The van der Waals surface area contributed by atoms with Crippen LogP contribution in [0.5, 0.6) is 0 Å². The largest absolute Gasteiger partial charge is 0.391 e. The van der Waals surface area contributed by atoms with Gasteiger partial charge in [0.05, 0.1) is 6.10 Å². The Morgan fingerprint density at radius 3 is 2.64 bits per heavy atom. The van der Waals surface area contributed by atoms with Crippen LogP contribution in [0.3, 0.4) is 0 Å². The molecule has 1 saturated carbocycles. The summed E-state index contributed by atoms with van der Waals surface area (Å²) in [6, 6.07) is 0. The number of nitrogens with zero attached hydrogens (tertiary/aromatic N) is 1. The van der Waals surface area contributed by atoms with Crippen LogP contribution in [0, 0.1) is 11.8 Å². The molecule has 0 radical (unpaired) electrons. The van der Waals surface area contributed by atoms with Gasteiger partial charge in [-0.1, -0.05) is 13.3 Å². The van der Waals surface area contributed by atoms with Crippen LogP contribution in [0.25, 0.3) is 0 Å². The second-order valence-electron chi connectivity index (χ2n) is 4.74. The smallest absolute Gasteiger partial charge is 0.226 e. The molecule has 1 saturated heterocycles. The van der Waals surface area contributed by atoms with Gasteiger partial charge in [-0.15, -0.1) is 0 Å². The summed E-state index contributed by atoms with van der Waals surface area (Å²) in [7, 11) is 0. The van der Waals surface area contributed by atoms with Crippen LogP contribution in [-0.4, -0.2) is 35.1 Å². The van der Waals surface area contributed by atoms with Crippen molar-refractivity contribution < 1.29 is 9.90 Å². The van der Waals surface area contributed by atoms with Gasteiger partial charge in [0.25, 0.3) is 0 Å². The highest BCUT2D eigenvalue weighted by Gasteiger charge is 2.35. The zero-order valence-electron chi connectivity index (χ0n) is 8.78. The standard InChI is InChI=1S/C11H19NO2/c1-8-3-2-4-10(8)11(14)12-6-5-9(13)7-12/h8-10,13H,2-7H2,1H3/t8?,9-,10?/m1/s1. The maximum absolute atomic E-state index is 12.0. The number of hydrogen-bond donors (Lipinski definition) is 1. The number of carbonyl (C=O) groups is 1. The average molecular weight is 197 g/mol. The first-order chi connectivity index (χ1) is 6.68. The minimum Gasteiger partial charge on any atom is -0.391 e. The summed E-state index contributed by atoms with van der Waals surface area (Å²) >= 11 is 0. The van der Waals surface area contributed by atoms with Crippen molar-refractivity contribution in [1.82, 2.24) is 4.90 Å². The zero-order valence-corrected chi connectivity index (χ0v) is 8.78. The molecular formula is C11H19NO2. The number of β-amino-alcohol motifs (C(OH)–C–C–N with tert-alkyl or cyclic N) is 1. The van der Waals surface area contributed by atoms with E-state index in [1.165, 1.54) is 12.8 Å². The molecule has 1 heterocycles. The number of carbonyl (C=O) groups excluding carboxylic acids is 1. The van der Waals surface area contributed by atoms with Gasteiger partial charge in [0.1, 0.15) is 0 Å². The summed E-state index contributed by atoms with van der Waals surface area (Å²) in [5.41, 5.74) is 0. The first-order valence-corrected chi connectivity index (χ1v) is 5.65. The van der Waals surface area contributed by atoms with Crippen molar-refractivity contribution in [3.63, 3.8) is 0 Å². The summed E-state index contributed by atoms with van der Waals surface area (Å²) in [6.07, 6.45) is 3.90. The summed E-state index contributed by atoms with van der Waals surface area (Å²) in [5, 5.41) is 9.36. The van der Waals surface area contributed by atoms with Crippen molar-refractivity contribution in [3.05, 3.63) is 0 Å². The van der Waals surface area contributed by atoms with Crippen molar-refractivity contribution in [1.29, 1.82) is 0 Å². The Kier molecular flexibility index (Phi) is 2.77. The molecule has 1 amide bonds. The van der Waals surface area contributed by atoms with Gasteiger partial charge in [0, 0.05) is 19.0 Å². The molecule has 2 fully saturated rings. The van der Waals surface area contributed by atoms with E-state index in [0.717, 1.165) is 19.4 Å². The van der Waals surface area contributed by atoms with Gasteiger partial charge in [-0.05, 0) is 25.2 Å². The third kappa shape index (κ3) is 1.78. The molecule has 3 nitrogen and oxygen atoms in total. The molecule has 2 rings (SSSR count). The van der Waals surface area contributed by atoms with Gasteiger partial charge in [-0.3, -0.25) is 4.79 Å². The third-order valence-electron chi connectivity index (χ3n) is 3.65. The Morgan fingerprint density at radius 2 is 2.14 bits per heavy atom. The van der Waals surface area contributed by atoms with Crippen molar-refractivity contribution in [2.75, 3.05) is 13.1 Å². The Morgan fingerprint density at radius 1 is 1.36 bits per heavy atom. The normalized spacial score (nSPS) is 37.9. The van der Waals surface area contributed by atoms with Crippen molar-refractivity contribution in [3.8, 4) is 0 Å². The molecule has 2 aliphatic rings. The third-order valence-corrected chi connectivity index (χ3v) is 3.65. The van der Waals surface area contributed by atoms with Gasteiger partial charge < -0.3 is 10.0 Å². The molecule has 0 bridgehead atoms. The van der Waals surface area contributed by atoms with E-state index in [9.17, 15) is 9.90 Å². The number of rotatable bonds is 1. The highest BCUT2D eigenvalue weighted by atomic mass is 16.3. The Balaban J connectivity index is 1.94. The summed E-state index contributed by atoms with van der Waals surface area (Å²) in [6.45, 7) is 3.48. The van der Waals surface area contributed by atoms with E-state index in [-0.39, 0.29) is 17.9 Å². The fourth-order valence-electron chi connectivity index (χ4n) is 2.69. The lowest BCUT2D eigenvalue weighted by Gasteiger charge is -2.22. The molecule has 1 N–H and O–H groups in total. The highest BCUT2D eigenvalue weighted by molar-refractivity contribution is 5.79. The molecule has 3 atom stereocenters. The highest BCUT2D eigenvalue weighted by Crippen LogP contribution is 2.33. The van der Waals surface area contributed by atoms with Crippen molar-refractivity contribution in [2.24, 2.45) is 11.8 Å². The summed E-state index contributed by atoms with van der Waals surface area (Å²) < 4.78 is 0. The van der Waals surface area contributed by atoms with E-state index in [1.807, 2.05) is 4.90 Å². The SMILES string of the molecule is CC1CCCC1C(=O)N1CC[C@@H](O)C1. The molecule has 0 aromatic heterocycles. The minimum atomic E-state index is -0.282. The molecule has 14 heavy (non-hydrogen) atoms. The molecular weight excluding hydrogens is 178 g/mol. The van der Waals surface area contributed by atoms with Crippen LogP contribution in [0.1, 0.15) is 32.6 Å². The van der Waals surface area contributed by atoms with Gasteiger partial charge in [0.15, 0.2) is 0 Å². The maximum Gasteiger partial charge on any atom is 0.226 e. The van der Waals surface area contributed by atoms with Gasteiger partial charge >= 0.3 is 0 Å². The van der Waals surface area contributed by atoms with Crippen molar-refractivity contribution in [2.45, 2.75) is 38.7 Å². The van der Waals surface area contributed by atoms with E-state index in [2.05, 4.69) is 6.92 Å². The minimum absolute atomic E-state index is 0.236. The fourth-order valence-corrected chi connectivity index (χ4v) is 2.69. The van der Waals surface area contributed by atoms with Crippen LogP contribution in [0.15, 0.2) is 0 Å². The molecule has 2 unspecified atom stereocenters. The first kappa shape index (κ1) is 9.97. The van der Waals surface area contributed by atoms with E-state index in [4.69, 9.17) is 0 Å². The first-order valence-electron chi connectivity index (χ1n) is 5.65. The average Bonchev–Trinajstić information content (AvgIpc) is 2.73. The quantitative estimate of drug-likeness (QED) is 0.681. The molecule has 1 aliphatic carbocycles. The molecule has 0 aromatic rings. The van der Waals surface area contributed by atoms with Crippen LogP contribution in [0.4, 0.5) is 0 Å². The van der Waals surface area contributed by atoms with E-state index >= 15 is 0 Å². The summed E-state index contributed by atoms with van der Waals surface area (Å²) in [4.78, 5) is 13.9. The molecule has 80 valence electrons. The molecule has 0 aromatic carbocycles. The van der Waals surface area contributed by atoms with Crippen molar-refractivity contribution >= 4 is 5.91 Å². The van der Waals surface area contributed by atoms with Gasteiger partial charge in [-0.25, -0.2) is 0 Å². The van der Waals surface area contributed by atoms with Crippen LogP contribution < -0.4 is 0 Å². The van der Waals surface area contributed by atoms with Crippen LogP contribution in [0.2, 0.25) is 0 Å². The Bertz CT molecular complexity index is 229. The molecule has 0 spiro atoms. The predicted molar refractivity (Wildman–Crippen MR) is 53.7 cm³/mol. The number of aliphatic hydroxyl groups excluding tert-OH is 1. The molecule has 1 aliphatic heterocycles. The Hall–Kier alpha value is -0.570. The van der Waals surface area contributed by atoms with Crippen LogP contribution in [-0.2, 0) is 4.79 Å². The van der Waals surface area contributed by atoms with Gasteiger partial charge in [0.2, 0.25) is 5.91 Å². The molecule has 3 heteroatoms. The number of likely N-dealkylation sites (tertiary alicyclic amines) is 1. The van der Waals surface area contributed by atoms with E-state index in [0.29, 0.717) is 12.5 Å². The lowest BCUT2D eigenvalue weighted by molar-refractivity contribution is -0.135. The number of hydrogen-bond acceptors (Lipinski definition) is 2. The van der Waals surface area contributed by atoms with E-state index < -0.39 is 0 Å². The second kappa shape index (κ2) is 3.89. The maximum atomic E-state index is 12.0. The predicted octanol–water partition coefficient (Wildman–Crippen LogP) is 1.02. The fraction of sp³-hybridized carbons (Fsp3) is 0.909. The topological polar surface area (TPSA) is 40.5 Å². The van der Waals surface area contributed by atoms with Crippen LogP contribution >= 0.6 is 0 Å². The van der Waals surface area contributed by atoms with E-state index in [1.54, 1.807) is 0 Å². The zero-order chi connectivity index (χ0) is 10.1. The summed E-state index contributed by atoms with van der Waals surface area (Å²) in [5.74, 6) is 1.06. The number of amides is 1. The monoisotopic (exact) mass is 197 g/mol.